The van der Waals surface area contributed by atoms with Crippen molar-refractivity contribution in [1.29, 1.82) is 0 Å². The van der Waals surface area contributed by atoms with Gasteiger partial charge in [0.1, 0.15) is 0 Å². The Bertz CT molecular complexity index is 645. The first-order valence-electron chi connectivity index (χ1n) is 8.26. The Hall–Kier alpha value is -1.86. The van der Waals surface area contributed by atoms with Gasteiger partial charge in [0.25, 0.3) is 5.22 Å². The van der Waals surface area contributed by atoms with E-state index in [1.165, 1.54) is 11.8 Å². The Labute approximate surface area is 146 Å². The third-order valence-corrected chi connectivity index (χ3v) is 4.36. The third kappa shape index (κ3) is 5.98. The van der Waals surface area contributed by atoms with E-state index in [0.29, 0.717) is 17.7 Å². The highest BCUT2D eigenvalue weighted by Gasteiger charge is 2.11. The number of aryl methyl sites for hydroxylation is 2. The van der Waals surface area contributed by atoms with Crippen LogP contribution in [0, 0.1) is 0 Å². The summed E-state index contributed by atoms with van der Waals surface area (Å²) in [6, 6.07) is 7.80. The number of amides is 1. The number of benzene rings is 1. The van der Waals surface area contributed by atoms with E-state index in [1.54, 1.807) is 0 Å². The molecule has 0 atom stereocenters. The molecule has 0 radical (unpaired) electrons. The second kappa shape index (κ2) is 10.1. The monoisotopic (exact) mass is 348 g/mol. The molecule has 0 saturated heterocycles. The SMILES string of the molecule is CCc1ccccc1NC(=O)CSc1nnc(CCCCCN)o1. The average Bonchev–Trinajstić information content (AvgIpc) is 3.05. The Morgan fingerprint density at radius 2 is 2.08 bits per heavy atom. The number of thioether (sulfide) groups is 1. The standard InChI is InChI=1S/C17H24N4O2S/c1-2-13-8-5-6-9-14(13)19-15(22)12-24-17-21-20-16(23-17)10-4-3-7-11-18/h5-6,8-9H,2-4,7,10-12,18H2,1H3,(H,19,22). The molecule has 1 aromatic heterocycles. The van der Waals surface area contributed by atoms with Gasteiger partial charge in [-0.15, -0.1) is 10.2 Å². The second-order valence-corrected chi connectivity index (χ2v) is 6.34. The van der Waals surface area contributed by atoms with Crippen LogP contribution in [0.3, 0.4) is 0 Å². The summed E-state index contributed by atoms with van der Waals surface area (Å²) in [5.41, 5.74) is 7.44. The third-order valence-electron chi connectivity index (χ3n) is 3.54. The highest BCUT2D eigenvalue weighted by Crippen LogP contribution is 2.19. The molecule has 24 heavy (non-hydrogen) atoms. The van der Waals surface area contributed by atoms with Gasteiger partial charge in [0.15, 0.2) is 0 Å². The predicted molar refractivity (Wildman–Crippen MR) is 96.1 cm³/mol. The van der Waals surface area contributed by atoms with Crippen molar-refractivity contribution in [1.82, 2.24) is 10.2 Å². The molecule has 6 nitrogen and oxygen atoms in total. The summed E-state index contributed by atoms with van der Waals surface area (Å²) in [7, 11) is 0. The van der Waals surface area contributed by atoms with Gasteiger partial charge < -0.3 is 15.5 Å². The van der Waals surface area contributed by atoms with Crippen molar-refractivity contribution in [2.75, 3.05) is 17.6 Å². The summed E-state index contributed by atoms with van der Waals surface area (Å²) < 4.78 is 5.54. The maximum Gasteiger partial charge on any atom is 0.277 e. The molecular weight excluding hydrogens is 324 g/mol. The van der Waals surface area contributed by atoms with Crippen LogP contribution in [0.4, 0.5) is 5.69 Å². The predicted octanol–water partition coefficient (Wildman–Crippen LogP) is 3.03. The van der Waals surface area contributed by atoms with Crippen LogP contribution in [0.15, 0.2) is 33.9 Å². The first kappa shape index (κ1) is 18.5. The molecule has 2 rings (SSSR count). The minimum absolute atomic E-state index is 0.0800. The van der Waals surface area contributed by atoms with E-state index in [1.807, 2.05) is 24.3 Å². The van der Waals surface area contributed by atoms with Crippen LogP contribution < -0.4 is 11.1 Å². The number of nitrogens with zero attached hydrogens (tertiary/aromatic N) is 2. The van der Waals surface area contributed by atoms with Crippen LogP contribution >= 0.6 is 11.8 Å². The highest BCUT2D eigenvalue weighted by atomic mass is 32.2. The van der Waals surface area contributed by atoms with E-state index in [4.69, 9.17) is 10.2 Å². The number of nitrogens with one attached hydrogen (secondary N) is 1. The summed E-state index contributed by atoms with van der Waals surface area (Å²) in [4.78, 5) is 12.1. The van der Waals surface area contributed by atoms with E-state index in [-0.39, 0.29) is 11.7 Å². The first-order valence-corrected chi connectivity index (χ1v) is 9.24. The van der Waals surface area contributed by atoms with Gasteiger partial charge in [-0.1, -0.05) is 43.3 Å². The van der Waals surface area contributed by atoms with Crippen molar-refractivity contribution in [2.45, 2.75) is 44.3 Å². The molecule has 0 saturated carbocycles. The molecular formula is C17H24N4O2S. The van der Waals surface area contributed by atoms with Crippen LogP contribution in [0.1, 0.15) is 37.6 Å². The van der Waals surface area contributed by atoms with E-state index in [2.05, 4.69) is 22.4 Å². The van der Waals surface area contributed by atoms with Crippen molar-refractivity contribution in [3.05, 3.63) is 35.7 Å². The molecule has 2 aromatic rings. The number of carbonyl (C=O) groups excluding carboxylic acids is 1. The Morgan fingerprint density at radius 3 is 2.88 bits per heavy atom. The summed E-state index contributed by atoms with van der Waals surface area (Å²) in [5.74, 6) is 0.780. The van der Waals surface area contributed by atoms with Gasteiger partial charge in [0, 0.05) is 12.1 Å². The summed E-state index contributed by atoms with van der Waals surface area (Å²) in [5, 5.41) is 11.3. The summed E-state index contributed by atoms with van der Waals surface area (Å²) >= 11 is 1.25. The quantitative estimate of drug-likeness (QED) is 0.506. The van der Waals surface area contributed by atoms with E-state index in [0.717, 1.165) is 43.4 Å². The second-order valence-electron chi connectivity index (χ2n) is 5.41. The van der Waals surface area contributed by atoms with Crippen molar-refractivity contribution in [3.63, 3.8) is 0 Å². The fraction of sp³-hybridized carbons (Fsp3) is 0.471. The van der Waals surface area contributed by atoms with Gasteiger partial charge in [0.05, 0.1) is 5.75 Å². The topological polar surface area (TPSA) is 94.0 Å². The molecule has 130 valence electrons. The molecule has 1 heterocycles. The van der Waals surface area contributed by atoms with Crippen LogP contribution in [-0.2, 0) is 17.6 Å². The van der Waals surface area contributed by atoms with Crippen molar-refractivity contribution < 1.29 is 9.21 Å². The van der Waals surface area contributed by atoms with Crippen LogP contribution in [-0.4, -0.2) is 28.4 Å². The van der Waals surface area contributed by atoms with Gasteiger partial charge in [-0.2, -0.15) is 0 Å². The Kier molecular flexibility index (Phi) is 7.77. The minimum Gasteiger partial charge on any atom is -0.416 e. The maximum absolute atomic E-state index is 12.1. The fourth-order valence-corrected chi connectivity index (χ4v) is 2.84. The Morgan fingerprint density at radius 1 is 1.25 bits per heavy atom. The zero-order valence-corrected chi connectivity index (χ0v) is 14.8. The highest BCUT2D eigenvalue weighted by molar-refractivity contribution is 7.99. The normalized spacial score (nSPS) is 10.8. The van der Waals surface area contributed by atoms with Gasteiger partial charge in [-0.3, -0.25) is 4.79 Å². The minimum atomic E-state index is -0.0800. The molecule has 3 N–H and O–H groups in total. The lowest BCUT2D eigenvalue weighted by Gasteiger charge is -2.08. The average molecular weight is 348 g/mol. The molecule has 0 aliphatic heterocycles. The molecule has 7 heteroatoms. The number of unbranched alkanes of at least 4 members (excludes halogenated alkanes) is 2. The molecule has 0 aliphatic carbocycles. The lowest BCUT2D eigenvalue weighted by molar-refractivity contribution is -0.113. The van der Waals surface area contributed by atoms with Crippen LogP contribution in [0.2, 0.25) is 0 Å². The van der Waals surface area contributed by atoms with E-state index in [9.17, 15) is 4.79 Å². The van der Waals surface area contributed by atoms with Crippen LogP contribution in [0.5, 0.6) is 0 Å². The van der Waals surface area contributed by atoms with Crippen molar-refractivity contribution in [3.8, 4) is 0 Å². The van der Waals surface area contributed by atoms with E-state index >= 15 is 0 Å². The number of para-hydroxylation sites is 1. The summed E-state index contributed by atoms with van der Waals surface area (Å²) in [6.45, 7) is 2.77. The van der Waals surface area contributed by atoms with Crippen molar-refractivity contribution in [2.24, 2.45) is 5.73 Å². The smallest absolute Gasteiger partial charge is 0.277 e. The molecule has 1 amide bonds. The number of hydrogen-bond donors (Lipinski definition) is 2. The zero-order chi connectivity index (χ0) is 17.2. The lowest BCUT2D eigenvalue weighted by atomic mass is 10.1. The van der Waals surface area contributed by atoms with Gasteiger partial charge in [0.2, 0.25) is 11.8 Å². The van der Waals surface area contributed by atoms with Gasteiger partial charge >= 0.3 is 0 Å². The van der Waals surface area contributed by atoms with Gasteiger partial charge in [-0.25, -0.2) is 0 Å². The molecule has 0 spiro atoms. The molecule has 0 bridgehead atoms. The lowest BCUT2D eigenvalue weighted by Crippen LogP contribution is -2.15. The van der Waals surface area contributed by atoms with E-state index < -0.39 is 0 Å². The summed E-state index contributed by atoms with van der Waals surface area (Å²) in [6.07, 6.45) is 4.68. The number of anilines is 1. The number of aromatic nitrogens is 2. The maximum atomic E-state index is 12.1. The molecule has 0 aliphatic rings. The number of hydrogen-bond acceptors (Lipinski definition) is 6. The molecule has 0 unspecified atom stereocenters. The number of carbonyl (C=O) groups is 1. The molecule has 1 aromatic carbocycles. The first-order chi connectivity index (χ1) is 11.7. The van der Waals surface area contributed by atoms with Crippen LogP contribution in [0.25, 0.3) is 0 Å². The fourth-order valence-electron chi connectivity index (χ4n) is 2.26. The molecule has 0 fully saturated rings. The van der Waals surface area contributed by atoms with Crippen molar-refractivity contribution >= 4 is 23.4 Å². The largest absolute Gasteiger partial charge is 0.416 e. The number of nitrogens with two attached hydrogens (primary N) is 1. The zero-order valence-electron chi connectivity index (χ0n) is 14.0. The Balaban J connectivity index is 1.76. The number of rotatable bonds is 10. The van der Waals surface area contributed by atoms with Gasteiger partial charge in [-0.05, 0) is 37.4 Å².